The maximum Gasteiger partial charge on any atom is 0.330 e. The van der Waals surface area contributed by atoms with E-state index in [0.717, 1.165) is 24.1 Å². The summed E-state index contributed by atoms with van der Waals surface area (Å²) in [4.78, 5) is 31.8. The van der Waals surface area contributed by atoms with Gasteiger partial charge in [0.15, 0.2) is 11.3 Å². The van der Waals surface area contributed by atoms with E-state index >= 15 is 0 Å². The van der Waals surface area contributed by atoms with Crippen molar-refractivity contribution >= 4 is 17.1 Å². The number of fused-ring (bicyclic) bond motifs is 1. The molecule has 1 aliphatic rings. The molecule has 0 radical (unpaired) electrons. The minimum Gasteiger partial charge on any atom is -0.335 e. The summed E-state index contributed by atoms with van der Waals surface area (Å²) in [7, 11) is 3.58. The molecule has 8 nitrogen and oxygen atoms in total. The van der Waals surface area contributed by atoms with Gasteiger partial charge in [-0.3, -0.25) is 18.6 Å². The molecule has 0 N–H and O–H groups in total. The van der Waals surface area contributed by atoms with E-state index in [1.807, 2.05) is 26.1 Å². The van der Waals surface area contributed by atoms with Gasteiger partial charge in [0.2, 0.25) is 0 Å². The third-order valence-electron chi connectivity index (χ3n) is 5.23. The van der Waals surface area contributed by atoms with Crippen molar-refractivity contribution in [1.29, 1.82) is 0 Å². The van der Waals surface area contributed by atoms with Crippen LogP contribution in [0, 0.1) is 6.92 Å². The molecule has 0 spiro atoms. The Bertz CT molecular complexity index is 1020. The molecule has 1 atom stereocenters. The zero-order valence-electron chi connectivity index (χ0n) is 15.2. The highest BCUT2D eigenvalue weighted by molar-refractivity contribution is 5.92. The highest BCUT2D eigenvalue weighted by atomic mass is 16.2. The first-order chi connectivity index (χ1) is 12.5. The Morgan fingerprint density at radius 3 is 2.85 bits per heavy atom. The number of aromatic nitrogens is 5. The normalized spacial score (nSPS) is 17.8. The molecule has 0 saturated carbocycles. The maximum atomic E-state index is 12.8. The summed E-state index contributed by atoms with van der Waals surface area (Å²) in [6.45, 7) is 3.09. The zero-order chi connectivity index (χ0) is 18.4. The SMILES string of the molecule is Cc1cc(C(=O)N2CCC[C@H](n3c(=O)n(C)c4cccnc43)C2)nn1C. The lowest BCUT2D eigenvalue weighted by molar-refractivity contribution is 0.0672. The van der Waals surface area contributed by atoms with Crippen LogP contribution in [-0.4, -0.2) is 47.8 Å². The quantitative estimate of drug-likeness (QED) is 0.694. The standard InChI is InChI=1S/C18H22N6O2/c1-12-10-14(20-22(12)3)17(25)23-9-5-6-13(11-23)24-16-15(7-4-8-19-16)21(2)18(24)26/h4,7-8,10,13H,5-6,9,11H2,1-3H3/t13-/m0/s1. The fourth-order valence-corrected chi connectivity index (χ4v) is 3.70. The highest BCUT2D eigenvalue weighted by Crippen LogP contribution is 2.24. The molecule has 3 aromatic rings. The van der Waals surface area contributed by atoms with Gasteiger partial charge < -0.3 is 4.90 Å². The molecule has 1 fully saturated rings. The van der Waals surface area contributed by atoms with Gasteiger partial charge in [0, 0.05) is 39.1 Å². The van der Waals surface area contributed by atoms with Crippen molar-refractivity contribution in [2.75, 3.05) is 13.1 Å². The number of aryl methyl sites for hydroxylation is 3. The van der Waals surface area contributed by atoms with Crippen molar-refractivity contribution in [3.8, 4) is 0 Å². The highest BCUT2D eigenvalue weighted by Gasteiger charge is 2.29. The van der Waals surface area contributed by atoms with E-state index < -0.39 is 0 Å². The van der Waals surface area contributed by atoms with Gasteiger partial charge in [-0.05, 0) is 38.0 Å². The zero-order valence-corrected chi connectivity index (χ0v) is 15.2. The summed E-state index contributed by atoms with van der Waals surface area (Å²) in [6, 6.07) is 5.44. The predicted octanol–water partition coefficient (Wildman–Crippen LogP) is 1.25. The van der Waals surface area contributed by atoms with Crippen LogP contribution < -0.4 is 5.69 Å². The van der Waals surface area contributed by atoms with E-state index in [4.69, 9.17) is 0 Å². The molecule has 0 bridgehead atoms. The average Bonchev–Trinajstić information content (AvgIpc) is 3.12. The molecule has 1 amide bonds. The van der Waals surface area contributed by atoms with E-state index in [1.165, 1.54) is 0 Å². The number of amides is 1. The van der Waals surface area contributed by atoms with Gasteiger partial charge in [-0.1, -0.05) is 0 Å². The largest absolute Gasteiger partial charge is 0.335 e. The van der Waals surface area contributed by atoms with Crippen LogP contribution in [0.25, 0.3) is 11.2 Å². The number of hydrogen-bond donors (Lipinski definition) is 0. The van der Waals surface area contributed by atoms with Gasteiger partial charge >= 0.3 is 5.69 Å². The van der Waals surface area contributed by atoms with E-state index in [1.54, 1.807) is 38.0 Å². The number of carbonyl (C=O) groups excluding carboxylic acids is 1. The third kappa shape index (κ3) is 2.53. The first-order valence-electron chi connectivity index (χ1n) is 8.79. The first-order valence-corrected chi connectivity index (χ1v) is 8.79. The Labute approximate surface area is 150 Å². The summed E-state index contributed by atoms with van der Waals surface area (Å²) < 4.78 is 5.05. The molecule has 4 heterocycles. The number of piperidine rings is 1. The number of likely N-dealkylation sites (tertiary alicyclic amines) is 1. The molecule has 0 unspecified atom stereocenters. The number of pyridine rings is 1. The van der Waals surface area contributed by atoms with Gasteiger partial charge in [-0.25, -0.2) is 9.78 Å². The van der Waals surface area contributed by atoms with Gasteiger partial charge in [0.25, 0.3) is 5.91 Å². The molecule has 0 aliphatic carbocycles. The third-order valence-corrected chi connectivity index (χ3v) is 5.23. The molecule has 1 aliphatic heterocycles. The molecule has 26 heavy (non-hydrogen) atoms. The molecule has 136 valence electrons. The van der Waals surface area contributed by atoms with E-state index in [2.05, 4.69) is 10.1 Å². The maximum absolute atomic E-state index is 12.8. The molecular weight excluding hydrogens is 332 g/mol. The van der Waals surface area contributed by atoms with Gasteiger partial charge in [-0.2, -0.15) is 5.10 Å². The second kappa shape index (κ2) is 6.12. The van der Waals surface area contributed by atoms with Crippen molar-refractivity contribution in [1.82, 2.24) is 28.8 Å². The monoisotopic (exact) mass is 354 g/mol. The molecule has 4 rings (SSSR count). The van der Waals surface area contributed by atoms with Crippen LogP contribution >= 0.6 is 0 Å². The fourth-order valence-electron chi connectivity index (χ4n) is 3.70. The molecule has 8 heteroatoms. The molecule has 1 saturated heterocycles. The Morgan fingerprint density at radius 1 is 1.31 bits per heavy atom. The summed E-state index contributed by atoms with van der Waals surface area (Å²) >= 11 is 0. The van der Waals surface area contributed by atoms with Crippen LogP contribution in [0.2, 0.25) is 0 Å². The van der Waals surface area contributed by atoms with Crippen LogP contribution in [-0.2, 0) is 14.1 Å². The van der Waals surface area contributed by atoms with Crippen molar-refractivity contribution in [3.63, 3.8) is 0 Å². The number of hydrogen-bond acceptors (Lipinski definition) is 4. The second-order valence-corrected chi connectivity index (χ2v) is 6.90. The Hall–Kier alpha value is -2.90. The Balaban J connectivity index is 1.67. The van der Waals surface area contributed by atoms with Crippen molar-refractivity contribution in [3.05, 3.63) is 46.3 Å². The summed E-state index contributed by atoms with van der Waals surface area (Å²) in [5.41, 5.74) is 2.78. The van der Waals surface area contributed by atoms with E-state index in [-0.39, 0.29) is 17.6 Å². The summed E-state index contributed by atoms with van der Waals surface area (Å²) in [6.07, 6.45) is 3.39. The van der Waals surface area contributed by atoms with E-state index in [9.17, 15) is 9.59 Å². The van der Waals surface area contributed by atoms with Crippen molar-refractivity contribution in [2.45, 2.75) is 25.8 Å². The van der Waals surface area contributed by atoms with Gasteiger partial charge in [0.05, 0.1) is 11.6 Å². The van der Waals surface area contributed by atoms with Gasteiger partial charge in [0.1, 0.15) is 0 Å². The van der Waals surface area contributed by atoms with Crippen molar-refractivity contribution in [2.24, 2.45) is 14.1 Å². The van der Waals surface area contributed by atoms with E-state index in [0.29, 0.717) is 24.4 Å². The summed E-state index contributed by atoms with van der Waals surface area (Å²) in [5.74, 6) is -0.0837. The number of nitrogens with zero attached hydrogens (tertiary/aromatic N) is 6. The minimum absolute atomic E-state index is 0.0800. The average molecular weight is 354 g/mol. The van der Waals surface area contributed by atoms with Crippen LogP contribution in [0.5, 0.6) is 0 Å². The van der Waals surface area contributed by atoms with Crippen LogP contribution in [0.15, 0.2) is 29.2 Å². The lowest BCUT2D eigenvalue weighted by atomic mass is 10.0. The number of imidazole rings is 1. The summed E-state index contributed by atoms with van der Waals surface area (Å²) in [5, 5.41) is 4.30. The first kappa shape index (κ1) is 16.6. The number of carbonyl (C=O) groups is 1. The van der Waals surface area contributed by atoms with Crippen molar-refractivity contribution < 1.29 is 4.79 Å². The lowest BCUT2D eigenvalue weighted by Crippen LogP contribution is -2.43. The predicted molar refractivity (Wildman–Crippen MR) is 97.1 cm³/mol. The second-order valence-electron chi connectivity index (χ2n) is 6.90. The lowest BCUT2D eigenvalue weighted by Gasteiger charge is -2.32. The number of rotatable bonds is 2. The fraction of sp³-hybridized carbons (Fsp3) is 0.444. The Kier molecular flexibility index (Phi) is 3.90. The van der Waals surface area contributed by atoms with Crippen LogP contribution in [0.4, 0.5) is 0 Å². The van der Waals surface area contributed by atoms with Crippen LogP contribution in [0.1, 0.15) is 35.1 Å². The minimum atomic E-state index is -0.0910. The molecule has 3 aromatic heterocycles. The van der Waals surface area contributed by atoms with Crippen LogP contribution in [0.3, 0.4) is 0 Å². The Morgan fingerprint density at radius 2 is 2.12 bits per heavy atom. The smallest absolute Gasteiger partial charge is 0.330 e. The van der Waals surface area contributed by atoms with Gasteiger partial charge in [-0.15, -0.1) is 0 Å². The molecule has 0 aromatic carbocycles. The molecular formula is C18H22N6O2. The topological polar surface area (TPSA) is 78.0 Å².